The maximum absolute atomic E-state index is 10.5. The molecule has 0 spiro atoms. The van der Waals surface area contributed by atoms with Crippen molar-refractivity contribution < 1.29 is 9.90 Å². The van der Waals surface area contributed by atoms with Gasteiger partial charge in [-0.1, -0.05) is 6.92 Å². The zero-order valence-corrected chi connectivity index (χ0v) is 6.00. The first-order valence-electron chi connectivity index (χ1n) is 3.51. The maximum atomic E-state index is 10.5. The van der Waals surface area contributed by atoms with Crippen molar-refractivity contribution in [3.05, 3.63) is 6.42 Å². The molecule has 0 aromatic carbocycles. The van der Waals surface area contributed by atoms with Crippen LogP contribution >= 0.6 is 0 Å². The number of rotatable bonds is 1. The normalized spacial score (nSPS) is 33.7. The average molecular weight is 142 g/mol. The van der Waals surface area contributed by atoms with Crippen molar-refractivity contribution in [3.63, 3.8) is 0 Å². The van der Waals surface area contributed by atoms with E-state index < -0.39 is 5.97 Å². The molecule has 1 saturated heterocycles. The molecule has 1 aliphatic heterocycles. The summed E-state index contributed by atoms with van der Waals surface area (Å²) in [5.41, 5.74) is 0. The fraction of sp³-hybridized carbons (Fsp3) is 0.714. The summed E-state index contributed by atoms with van der Waals surface area (Å²) in [5, 5.41) is 11.6. The van der Waals surface area contributed by atoms with Crippen LogP contribution in [0.5, 0.6) is 0 Å². The van der Waals surface area contributed by atoms with Gasteiger partial charge in [0.15, 0.2) is 0 Å². The van der Waals surface area contributed by atoms with Crippen LogP contribution in [-0.2, 0) is 4.79 Å². The summed E-state index contributed by atoms with van der Waals surface area (Å²) in [6.45, 7) is 2.71. The minimum absolute atomic E-state index is 0.159. The second kappa shape index (κ2) is 3.01. The molecular formula is C7H12NO2. The van der Waals surface area contributed by atoms with Crippen molar-refractivity contribution in [1.29, 1.82) is 0 Å². The molecule has 2 atom stereocenters. The molecule has 10 heavy (non-hydrogen) atoms. The molecule has 0 aromatic heterocycles. The molecule has 2 N–H and O–H groups in total. The molecule has 0 amide bonds. The second-order valence-electron chi connectivity index (χ2n) is 2.65. The molecule has 1 heterocycles. The Bertz CT molecular complexity index is 136. The third kappa shape index (κ3) is 1.48. The molecular weight excluding hydrogens is 130 g/mol. The molecule has 0 aromatic rings. The Morgan fingerprint density at radius 2 is 2.50 bits per heavy atom. The summed E-state index contributed by atoms with van der Waals surface area (Å²) in [6.07, 6.45) is 3.03. The van der Waals surface area contributed by atoms with Crippen LogP contribution in [0.1, 0.15) is 13.3 Å². The Morgan fingerprint density at radius 3 is 2.90 bits per heavy atom. The van der Waals surface area contributed by atoms with Crippen LogP contribution in [0.15, 0.2) is 0 Å². The van der Waals surface area contributed by atoms with Crippen LogP contribution in [0.3, 0.4) is 0 Å². The lowest BCUT2D eigenvalue weighted by molar-refractivity contribution is -0.140. The van der Waals surface area contributed by atoms with Crippen LogP contribution in [0.25, 0.3) is 0 Å². The van der Waals surface area contributed by atoms with Gasteiger partial charge in [-0.3, -0.25) is 4.79 Å². The Kier molecular flexibility index (Phi) is 2.27. The number of carboxylic acid groups (broad SMARTS) is 1. The first-order valence-corrected chi connectivity index (χ1v) is 3.51. The quantitative estimate of drug-likeness (QED) is 0.552. The second-order valence-corrected chi connectivity index (χ2v) is 2.65. The molecule has 1 aliphatic rings. The summed E-state index contributed by atoms with van der Waals surface area (Å²) in [5.74, 6) is -0.588. The summed E-state index contributed by atoms with van der Waals surface area (Å²) >= 11 is 0. The third-order valence-electron chi connectivity index (χ3n) is 1.84. The minimum atomic E-state index is -0.747. The Hall–Kier alpha value is -0.570. The monoisotopic (exact) mass is 142 g/mol. The summed E-state index contributed by atoms with van der Waals surface area (Å²) in [6, 6.07) is -0.367. The molecule has 3 nitrogen and oxygen atoms in total. The Labute approximate surface area is 60.4 Å². The number of aliphatic carboxylic acids is 1. The summed E-state index contributed by atoms with van der Waals surface area (Å²) in [4.78, 5) is 10.5. The van der Waals surface area contributed by atoms with Gasteiger partial charge in [0.1, 0.15) is 6.04 Å². The zero-order chi connectivity index (χ0) is 7.56. The maximum Gasteiger partial charge on any atom is 0.320 e. The standard InChI is InChI=1S/C7H12NO2/c1-5-3-2-4-8-6(5)7(9)10/h3,5-6,8H,2,4H2,1H3,(H,9,10). The number of hydrogen-bond donors (Lipinski definition) is 2. The number of nitrogens with one attached hydrogen (secondary N) is 1. The van der Waals surface area contributed by atoms with E-state index in [1.54, 1.807) is 0 Å². The molecule has 2 unspecified atom stereocenters. The van der Waals surface area contributed by atoms with E-state index in [-0.39, 0.29) is 12.0 Å². The van der Waals surface area contributed by atoms with Gasteiger partial charge < -0.3 is 10.4 Å². The van der Waals surface area contributed by atoms with E-state index in [0.29, 0.717) is 0 Å². The van der Waals surface area contributed by atoms with E-state index in [0.717, 1.165) is 13.0 Å². The molecule has 0 aliphatic carbocycles. The van der Waals surface area contributed by atoms with Gasteiger partial charge in [-0.15, -0.1) is 0 Å². The number of piperidine rings is 1. The van der Waals surface area contributed by atoms with Gasteiger partial charge in [0.2, 0.25) is 0 Å². The predicted molar refractivity (Wildman–Crippen MR) is 37.5 cm³/mol. The Balaban J connectivity index is 2.47. The van der Waals surface area contributed by atoms with Gasteiger partial charge in [0.05, 0.1) is 0 Å². The van der Waals surface area contributed by atoms with Gasteiger partial charge in [0.25, 0.3) is 0 Å². The van der Waals surface area contributed by atoms with E-state index in [1.165, 1.54) is 0 Å². The highest BCUT2D eigenvalue weighted by Crippen LogP contribution is 2.13. The molecule has 1 radical (unpaired) electrons. The highest BCUT2D eigenvalue weighted by atomic mass is 16.4. The lowest BCUT2D eigenvalue weighted by Gasteiger charge is -2.25. The topological polar surface area (TPSA) is 49.3 Å². The van der Waals surface area contributed by atoms with E-state index in [2.05, 4.69) is 11.7 Å². The van der Waals surface area contributed by atoms with Gasteiger partial charge in [-0.2, -0.15) is 0 Å². The molecule has 1 fully saturated rings. The largest absolute Gasteiger partial charge is 0.480 e. The van der Waals surface area contributed by atoms with Crippen molar-refractivity contribution in [2.45, 2.75) is 19.4 Å². The highest BCUT2D eigenvalue weighted by Gasteiger charge is 2.26. The van der Waals surface area contributed by atoms with Crippen LogP contribution in [0, 0.1) is 12.3 Å². The first kappa shape index (κ1) is 7.54. The number of hydrogen-bond acceptors (Lipinski definition) is 2. The molecule has 57 valence electrons. The predicted octanol–water partition coefficient (Wildman–Crippen LogP) is 0.273. The molecule has 0 bridgehead atoms. The van der Waals surface area contributed by atoms with E-state index in [9.17, 15) is 4.79 Å². The van der Waals surface area contributed by atoms with Crippen LogP contribution < -0.4 is 5.32 Å². The van der Waals surface area contributed by atoms with Crippen LogP contribution in [-0.4, -0.2) is 23.7 Å². The lowest BCUT2D eigenvalue weighted by Crippen LogP contribution is -2.45. The van der Waals surface area contributed by atoms with Crippen molar-refractivity contribution in [2.75, 3.05) is 6.54 Å². The number of carboxylic acids is 1. The molecule has 3 heteroatoms. The van der Waals surface area contributed by atoms with Crippen LogP contribution in [0.2, 0.25) is 0 Å². The van der Waals surface area contributed by atoms with E-state index in [1.807, 2.05) is 6.92 Å². The summed E-state index contributed by atoms with van der Waals surface area (Å²) < 4.78 is 0. The van der Waals surface area contributed by atoms with Crippen molar-refractivity contribution in [1.82, 2.24) is 5.32 Å². The van der Waals surface area contributed by atoms with Crippen molar-refractivity contribution in [3.8, 4) is 0 Å². The smallest absolute Gasteiger partial charge is 0.320 e. The van der Waals surface area contributed by atoms with Gasteiger partial charge in [0, 0.05) is 0 Å². The van der Waals surface area contributed by atoms with E-state index >= 15 is 0 Å². The molecule has 0 saturated carbocycles. The lowest BCUT2D eigenvalue weighted by atomic mass is 9.93. The fourth-order valence-corrected chi connectivity index (χ4v) is 1.22. The minimum Gasteiger partial charge on any atom is -0.480 e. The van der Waals surface area contributed by atoms with Crippen molar-refractivity contribution >= 4 is 5.97 Å². The molecule has 1 rings (SSSR count). The first-order chi connectivity index (χ1) is 4.72. The third-order valence-corrected chi connectivity index (χ3v) is 1.84. The SMILES string of the molecule is CC1[CH]CCNC1C(=O)O. The van der Waals surface area contributed by atoms with E-state index in [4.69, 9.17) is 5.11 Å². The van der Waals surface area contributed by atoms with Gasteiger partial charge in [-0.05, 0) is 25.3 Å². The summed E-state index contributed by atoms with van der Waals surface area (Å²) in [7, 11) is 0. The number of carbonyl (C=O) groups is 1. The van der Waals surface area contributed by atoms with Crippen LogP contribution in [0.4, 0.5) is 0 Å². The van der Waals surface area contributed by atoms with Crippen molar-refractivity contribution in [2.24, 2.45) is 5.92 Å². The van der Waals surface area contributed by atoms with Gasteiger partial charge in [-0.25, -0.2) is 0 Å². The zero-order valence-electron chi connectivity index (χ0n) is 6.00. The fourth-order valence-electron chi connectivity index (χ4n) is 1.22. The average Bonchev–Trinajstić information content (AvgIpc) is 1.88. The highest BCUT2D eigenvalue weighted by molar-refractivity contribution is 5.74. The Morgan fingerprint density at radius 1 is 1.80 bits per heavy atom. The van der Waals surface area contributed by atoms with Gasteiger partial charge >= 0.3 is 5.97 Å².